The molecule has 0 aliphatic carbocycles. The first-order valence-electron chi connectivity index (χ1n) is 9.09. The van der Waals surface area contributed by atoms with Gasteiger partial charge in [-0.1, -0.05) is 42.5 Å². The average molecular weight is 489 g/mol. The molecular weight excluding hydrogens is 474 g/mol. The number of nitro benzene ring substituents is 1. The number of hydrogen-bond donors (Lipinski definition) is 0. The number of rotatable bonds is 4. The fourth-order valence-corrected chi connectivity index (χ4v) is 4.64. The van der Waals surface area contributed by atoms with E-state index >= 15 is 0 Å². The summed E-state index contributed by atoms with van der Waals surface area (Å²) in [4.78, 5) is 9.47. The lowest BCUT2D eigenvalue weighted by atomic mass is 10.1. The lowest BCUT2D eigenvalue weighted by Gasteiger charge is -2.12. The van der Waals surface area contributed by atoms with Gasteiger partial charge in [0.1, 0.15) is 26.0 Å². The lowest BCUT2D eigenvalue weighted by molar-refractivity contribution is -0.383. The number of fused-ring (bicyclic) bond motifs is 2. The Labute approximate surface area is 188 Å². The van der Waals surface area contributed by atoms with Crippen molar-refractivity contribution in [2.24, 2.45) is 0 Å². The van der Waals surface area contributed by atoms with Gasteiger partial charge in [-0.15, -0.1) is 0 Å². The number of methoxy groups -OCH3 is 1. The van der Waals surface area contributed by atoms with Crippen LogP contribution < -0.4 is 4.74 Å². The molecule has 12 heteroatoms. The molecule has 0 aliphatic heterocycles. The number of hydrogen-bond acceptors (Lipinski definition) is 9. The molecule has 0 atom stereocenters. The van der Waals surface area contributed by atoms with Crippen molar-refractivity contribution in [2.45, 2.75) is 9.79 Å². The van der Waals surface area contributed by atoms with Crippen molar-refractivity contribution in [3.63, 3.8) is 0 Å². The molecule has 0 heterocycles. The minimum absolute atomic E-state index is 0.0664. The van der Waals surface area contributed by atoms with Crippen LogP contribution in [0, 0.1) is 10.1 Å². The van der Waals surface area contributed by atoms with E-state index in [1.165, 1.54) is 43.5 Å². The molecule has 0 aromatic heterocycles. The minimum atomic E-state index is -4.64. The van der Waals surface area contributed by atoms with Gasteiger partial charge in [-0.25, -0.2) is 16.8 Å². The van der Waals surface area contributed by atoms with Gasteiger partial charge in [0, 0.05) is 22.2 Å². The molecule has 33 heavy (non-hydrogen) atoms. The second kappa shape index (κ2) is 9.11. The van der Waals surface area contributed by atoms with Gasteiger partial charge in [0.05, 0.1) is 27.2 Å². The van der Waals surface area contributed by atoms with E-state index in [0.717, 1.165) is 12.1 Å². The molecule has 0 saturated carbocycles. The predicted molar refractivity (Wildman–Crippen MR) is 117 cm³/mol. The topological polar surface area (TPSA) is 167 Å². The summed E-state index contributed by atoms with van der Waals surface area (Å²) in [5.41, 5.74) is -0.229. The highest BCUT2D eigenvalue weighted by Gasteiger charge is 2.16. The number of nitrogens with zero attached hydrogens (tertiary/aromatic N) is 1. The second-order valence-electron chi connectivity index (χ2n) is 6.61. The summed E-state index contributed by atoms with van der Waals surface area (Å²) in [6, 6.07) is 17.3. The first kappa shape index (κ1) is 24.1. The molecule has 0 spiro atoms. The molecule has 0 aliphatic rings. The van der Waals surface area contributed by atoms with Crippen LogP contribution in [0.2, 0.25) is 0 Å². The van der Waals surface area contributed by atoms with Crippen LogP contribution in [0.4, 0.5) is 5.69 Å². The van der Waals surface area contributed by atoms with Gasteiger partial charge >= 0.3 is 0 Å². The molecule has 0 unspecified atom stereocenters. The van der Waals surface area contributed by atoms with Gasteiger partial charge < -0.3 is 13.8 Å². The summed E-state index contributed by atoms with van der Waals surface area (Å²) in [6.07, 6.45) is 0. The standard InChI is InChI=1S/C11H10O4S.C10H7NO5S/c1-15-10-6-7-11(16(12,13)14)9-5-3-2-4-8(9)10;12-11(13)9-5-6-10(17(14,15)16)8-4-2-1-3-7(8)9/h2-7H,1H3,(H,12,13,14);1-6H,(H,14,15,16)/p-2. The van der Waals surface area contributed by atoms with Gasteiger partial charge in [-0.3, -0.25) is 10.1 Å². The summed E-state index contributed by atoms with van der Waals surface area (Å²) in [5, 5.41) is 12.0. The number of nitro groups is 1. The number of ether oxygens (including phenoxy) is 1. The summed E-state index contributed by atoms with van der Waals surface area (Å²) < 4.78 is 71.3. The lowest BCUT2D eigenvalue weighted by Crippen LogP contribution is -2.00. The van der Waals surface area contributed by atoms with Gasteiger partial charge in [-0.05, 0) is 24.3 Å². The average Bonchev–Trinajstić information content (AvgIpc) is 2.76. The van der Waals surface area contributed by atoms with E-state index in [0.29, 0.717) is 16.5 Å². The van der Waals surface area contributed by atoms with Crippen LogP contribution in [0.1, 0.15) is 0 Å². The molecule has 172 valence electrons. The van der Waals surface area contributed by atoms with Gasteiger partial charge in [0.15, 0.2) is 0 Å². The number of benzene rings is 4. The van der Waals surface area contributed by atoms with Crippen LogP contribution in [0.25, 0.3) is 21.5 Å². The zero-order chi connectivity index (χ0) is 24.4. The molecule has 4 aromatic carbocycles. The Morgan fingerprint density at radius 3 is 1.55 bits per heavy atom. The van der Waals surface area contributed by atoms with Crippen LogP contribution in [-0.2, 0) is 20.2 Å². The second-order valence-corrected chi connectivity index (χ2v) is 9.30. The van der Waals surface area contributed by atoms with Crippen molar-refractivity contribution < 1.29 is 35.6 Å². The summed E-state index contributed by atoms with van der Waals surface area (Å²) >= 11 is 0. The Bertz CT molecular complexity index is 1580. The first-order valence-corrected chi connectivity index (χ1v) is 11.9. The predicted octanol–water partition coefficient (Wildman–Crippen LogP) is 3.40. The van der Waals surface area contributed by atoms with Crippen LogP contribution in [0.3, 0.4) is 0 Å². The maximum atomic E-state index is 11.1. The van der Waals surface area contributed by atoms with E-state index in [4.69, 9.17) is 4.74 Å². The summed E-state index contributed by atoms with van der Waals surface area (Å²) in [6.45, 7) is 0. The van der Waals surface area contributed by atoms with Crippen molar-refractivity contribution in [3.05, 3.63) is 82.9 Å². The molecule has 4 aromatic rings. The molecule has 0 radical (unpaired) electrons. The van der Waals surface area contributed by atoms with Gasteiger partial charge in [0.25, 0.3) is 5.69 Å². The first-order chi connectivity index (χ1) is 15.4. The van der Waals surface area contributed by atoms with E-state index in [-0.39, 0.29) is 21.4 Å². The fourth-order valence-electron chi connectivity index (χ4n) is 3.27. The van der Waals surface area contributed by atoms with E-state index in [2.05, 4.69) is 0 Å². The van der Waals surface area contributed by atoms with E-state index < -0.39 is 30.1 Å². The van der Waals surface area contributed by atoms with E-state index in [1.54, 1.807) is 24.3 Å². The molecular formula is C21H15NO9S2-2. The van der Waals surface area contributed by atoms with Crippen molar-refractivity contribution in [2.75, 3.05) is 7.11 Å². The minimum Gasteiger partial charge on any atom is -0.744 e. The normalized spacial score (nSPS) is 11.6. The maximum absolute atomic E-state index is 11.1. The van der Waals surface area contributed by atoms with Crippen LogP contribution in [-0.4, -0.2) is 38.0 Å². The summed E-state index contributed by atoms with van der Waals surface area (Å²) in [7, 11) is -7.61. The quantitative estimate of drug-likeness (QED) is 0.237. The summed E-state index contributed by atoms with van der Waals surface area (Å²) in [5.74, 6) is 0.544. The Morgan fingerprint density at radius 2 is 1.09 bits per heavy atom. The Morgan fingerprint density at radius 1 is 0.667 bits per heavy atom. The van der Waals surface area contributed by atoms with Gasteiger partial charge in [0.2, 0.25) is 0 Å². The van der Waals surface area contributed by atoms with Crippen molar-refractivity contribution in [3.8, 4) is 5.75 Å². The highest BCUT2D eigenvalue weighted by Crippen LogP contribution is 2.31. The Hall–Kier alpha value is -3.58. The Kier molecular flexibility index (Phi) is 6.65. The monoisotopic (exact) mass is 489 g/mol. The van der Waals surface area contributed by atoms with Crippen LogP contribution in [0.15, 0.2) is 82.6 Å². The molecule has 10 nitrogen and oxygen atoms in total. The third kappa shape index (κ3) is 5.09. The molecule has 0 saturated heterocycles. The molecule has 4 rings (SSSR count). The van der Waals surface area contributed by atoms with Crippen LogP contribution in [0.5, 0.6) is 5.75 Å². The fraction of sp³-hybridized carbons (Fsp3) is 0.0476. The van der Waals surface area contributed by atoms with Crippen molar-refractivity contribution in [1.82, 2.24) is 0 Å². The molecule has 0 fully saturated rings. The highest BCUT2D eigenvalue weighted by atomic mass is 32.2. The van der Waals surface area contributed by atoms with E-state index in [1.807, 2.05) is 0 Å². The SMILES string of the molecule is COc1ccc(S(=O)(=O)[O-])c2ccccc12.O=[N+]([O-])c1ccc(S(=O)(=O)[O-])c2ccccc12. The molecule has 0 amide bonds. The Balaban J connectivity index is 0.000000186. The largest absolute Gasteiger partial charge is 0.744 e. The molecule has 0 bridgehead atoms. The van der Waals surface area contributed by atoms with Gasteiger partial charge in [-0.2, -0.15) is 0 Å². The zero-order valence-corrected chi connectivity index (χ0v) is 18.5. The van der Waals surface area contributed by atoms with Crippen molar-refractivity contribution >= 4 is 47.5 Å². The number of non-ortho nitro benzene ring substituents is 1. The maximum Gasteiger partial charge on any atom is 0.277 e. The van der Waals surface area contributed by atoms with Crippen LogP contribution >= 0.6 is 0 Å². The highest BCUT2D eigenvalue weighted by molar-refractivity contribution is 7.86. The molecule has 0 N–H and O–H groups in total. The third-order valence-corrected chi connectivity index (χ3v) is 6.45. The van der Waals surface area contributed by atoms with E-state index in [9.17, 15) is 36.1 Å². The van der Waals surface area contributed by atoms with Crippen molar-refractivity contribution in [1.29, 1.82) is 0 Å². The zero-order valence-electron chi connectivity index (χ0n) is 16.9. The smallest absolute Gasteiger partial charge is 0.277 e. The third-order valence-electron chi connectivity index (χ3n) is 4.66.